The SMILES string of the molecule is CC(CCCO)Nc1ccc(Cl)c(C(=O)O)n1. The van der Waals surface area contributed by atoms with Gasteiger partial charge in [-0.15, -0.1) is 0 Å². The molecule has 1 unspecified atom stereocenters. The first-order valence-electron chi connectivity index (χ1n) is 5.32. The molecule has 0 radical (unpaired) electrons. The van der Waals surface area contributed by atoms with Crippen molar-refractivity contribution in [3.8, 4) is 0 Å². The molecule has 0 bridgehead atoms. The van der Waals surface area contributed by atoms with E-state index in [0.29, 0.717) is 12.2 Å². The van der Waals surface area contributed by atoms with Crippen LogP contribution in [0.1, 0.15) is 30.3 Å². The second kappa shape index (κ2) is 6.42. The van der Waals surface area contributed by atoms with Gasteiger partial charge in [0, 0.05) is 12.6 Å². The maximum absolute atomic E-state index is 10.8. The van der Waals surface area contributed by atoms with Crippen LogP contribution in [0.25, 0.3) is 0 Å². The Morgan fingerprint density at radius 2 is 2.29 bits per heavy atom. The Hall–Kier alpha value is -1.33. The van der Waals surface area contributed by atoms with Crippen LogP contribution in [0.3, 0.4) is 0 Å². The van der Waals surface area contributed by atoms with E-state index in [-0.39, 0.29) is 23.4 Å². The van der Waals surface area contributed by atoms with Gasteiger partial charge in [-0.2, -0.15) is 0 Å². The van der Waals surface area contributed by atoms with E-state index >= 15 is 0 Å². The molecule has 1 rings (SSSR count). The number of carboxylic acid groups (broad SMARTS) is 1. The Morgan fingerprint density at radius 1 is 1.59 bits per heavy atom. The lowest BCUT2D eigenvalue weighted by Gasteiger charge is -2.14. The quantitative estimate of drug-likeness (QED) is 0.727. The summed E-state index contributed by atoms with van der Waals surface area (Å²) in [5, 5.41) is 20.7. The Kier molecular flexibility index (Phi) is 5.18. The highest BCUT2D eigenvalue weighted by Gasteiger charge is 2.12. The molecule has 17 heavy (non-hydrogen) atoms. The normalized spacial score (nSPS) is 12.2. The number of nitrogens with zero attached hydrogens (tertiary/aromatic N) is 1. The third kappa shape index (κ3) is 4.20. The zero-order valence-corrected chi connectivity index (χ0v) is 10.2. The molecule has 0 aliphatic carbocycles. The van der Waals surface area contributed by atoms with E-state index in [2.05, 4.69) is 10.3 Å². The predicted octanol–water partition coefficient (Wildman–Crippen LogP) is 2.01. The summed E-state index contributed by atoms with van der Waals surface area (Å²) in [6.45, 7) is 2.08. The third-order valence-electron chi connectivity index (χ3n) is 2.24. The summed E-state index contributed by atoms with van der Waals surface area (Å²) in [6.07, 6.45) is 1.47. The number of aromatic nitrogens is 1. The minimum Gasteiger partial charge on any atom is -0.476 e. The summed E-state index contributed by atoms with van der Waals surface area (Å²) < 4.78 is 0. The summed E-state index contributed by atoms with van der Waals surface area (Å²) in [4.78, 5) is 14.7. The molecule has 0 saturated heterocycles. The Morgan fingerprint density at radius 3 is 2.88 bits per heavy atom. The number of rotatable bonds is 6. The number of aliphatic hydroxyl groups is 1. The minimum absolute atomic E-state index is 0.109. The Bertz CT molecular complexity index is 398. The number of aromatic carboxylic acids is 1. The number of pyridine rings is 1. The highest BCUT2D eigenvalue weighted by Crippen LogP contribution is 2.17. The zero-order chi connectivity index (χ0) is 12.8. The van der Waals surface area contributed by atoms with Crippen molar-refractivity contribution in [2.24, 2.45) is 0 Å². The lowest BCUT2D eigenvalue weighted by Crippen LogP contribution is -2.17. The molecular formula is C11H15ClN2O3. The summed E-state index contributed by atoms with van der Waals surface area (Å²) >= 11 is 5.71. The predicted molar refractivity (Wildman–Crippen MR) is 65.6 cm³/mol. The summed E-state index contributed by atoms with van der Waals surface area (Å²) in [6, 6.07) is 3.24. The van der Waals surface area contributed by atoms with Crippen molar-refractivity contribution in [1.82, 2.24) is 4.98 Å². The van der Waals surface area contributed by atoms with E-state index in [1.165, 1.54) is 6.07 Å². The maximum Gasteiger partial charge on any atom is 0.356 e. The number of anilines is 1. The minimum atomic E-state index is -1.15. The second-order valence-corrected chi connectivity index (χ2v) is 4.15. The van der Waals surface area contributed by atoms with Crippen LogP contribution in [-0.2, 0) is 0 Å². The van der Waals surface area contributed by atoms with Crippen molar-refractivity contribution < 1.29 is 15.0 Å². The van der Waals surface area contributed by atoms with E-state index in [1.807, 2.05) is 6.92 Å². The summed E-state index contributed by atoms with van der Waals surface area (Å²) in [5.41, 5.74) is -0.161. The first-order chi connectivity index (χ1) is 8.04. The van der Waals surface area contributed by atoms with E-state index in [4.69, 9.17) is 21.8 Å². The van der Waals surface area contributed by atoms with Crippen molar-refractivity contribution in [1.29, 1.82) is 0 Å². The topological polar surface area (TPSA) is 82.5 Å². The van der Waals surface area contributed by atoms with Crippen LogP contribution in [0.15, 0.2) is 12.1 Å². The van der Waals surface area contributed by atoms with Gasteiger partial charge in [-0.1, -0.05) is 11.6 Å². The number of hydrogen-bond donors (Lipinski definition) is 3. The molecule has 0 aliphatic heterocycles. The van der Waals surface area contributed by atoms with E-state index in [1.54, 1.807) is 6.07 Å². The largest absolute Gasteiger partial charge is 0.476 e. The first kappa shape index (κ1) is 13.7. The number of carboxylic acids is 1. The van der Waals surface area contributed by atoms with Gasteiger partial charge in [-0.05, 0) is 31.9 Å². The van der Waals surface area contributed by atoms with Gasteiger partial charge >= 0.3 is 5.97 Å². The van der Waals surface area contributed by atoms with Crippen molar-refractivity contribution in [3.63, 3.8) is 0 Å². The van der Waals surface area contributed by atoms with Gasteiger partial charge in [0.05, 0.1) is 5.02 Å². The molecule has 0 fully saturated rings. The molecule has 94 valence electrons. The summed E-state index contributed by atoms with van der Waals surface area (Å²) in [5.74, 6) is -0.682. The fraction of sp³-hybridized carbons (Fsp3) is 0.455. The average Bonchev–Trinajstić information content (AvgIpc) is 2.28. The highest BCUT2D eigenvalue weighted by molar-refractivity contribution is 6.33. The number of halogens is 1. The van der Waals surface area contributed by atoms with Crippen molar-refractivity contribution >= 4 is 23.4 Å². The molecule has 0 aliphatic rings. The smallest absolute Gasteiger partial charge is 0.356 e. The van der Waals surface area contributed by atoms with Crippen LogP contribution in [0.4, 0.5) is 5.82 Å². The highest BCUT2D eigenvalue weighted by atomic mass is 35.5. The van der Waals surface area contributed by atoms with E-state index in [0.717, 1.165) is 6.42 Å². The molecule has 3 N–H and O–H groups in total. The zero-order valence-electron chi connectivity index (χ0n) is 9.48. The van der Waals surface area contributed by atoms with Crippen molar-refractivity contribution in [3.05, 3.63) is 22.8 Å². The van der Waals surface area contributed by atoms with Gasteiger partial charge in [0.2, 0.25) is 0 Å². The second-order valence-electron chi connectivity index (χ2n) is 3.74. The molecule has 0 spiro atoms. The molecular weight excluding hydrogens is 244 g/mol. The Balaban J connectivity index is 2.72. The fourth-order valence-corrected chi connectivity index (χ4v) is 1.58. The van der Waals surface area contributed by atoms with Gasteiger partial charge in [0.15, 0.2) is 5.69 Å². The number of nitrogens with one attached hydrogen (secondary N) is 1. The lowest BCUT2D eigenvalue weighted by molar-refractivity contribution is 0.0691. The van der Waals surface area contributed by atoms with Crippen LogP contribution < -0.4 is 5.32 Å². The number of carbonyl (C=O) groups is 1. The molecule has 6 heteroatoms. The molecule has 1 atom stereocenters. The monoisotopic (exact) mass is 258 g/mol. The molecule has 1 heterocycles. The van der Waals surface area contributed by atoms with Gasteiger partial charge in [0.25, 0.3) is 0 Å². The van der Waals surface area contributed by atoms with Gasteiger partial charge in [-0.25, -0.2) is 9.78 Å². The van der Waals surface area contributed by atoms with Gasteiger partial charge in [-0.3, -0.25) is 0 Å². The van der Waals surface area contributed by atoms with Crippen LogP contribution in [0.5, 0.6) is 0 Å². The number of aliphatic hydroxyl groups excluding tert-OH is 1. The van der Waals surface area contributed by atoms with Gasteiger partial charge in [0.1, 0.15) is 5.82 Å². The maximum atomic E-state index is 10.8. The number of hydrogen-bond acceptors (Lipinski definition) is 4. The average molecular weight is 259 g/mol. The third-order valence-corrected chi connectivity index (χ3v) is 2.54. The van der Waals surface area contributed by atoms with Crippen LogP contribution in [0, 0.1) is 0 Å². The lowest BCUT2D eigenvalue weighted by atomic mass is 10.2. The van der Waals surface area contributed by atoms with Crippen molar-refractivity contribution in [2.45, 2.75) is 25.8 Å². The van der Waals surface area contributed by atoms with Gasteiger partial charge < -0.3 is 15.5 Å². The van der Waals surface area contributed by atoms with Crippen LogP contribution >= 0.6 is 11.6 Å². The molecule has 0 aromatic carbocycles. The molecule has 5 nitrogen and oxygen atoms in total. The van der Waals surface area contributed by atoms with Crippen molar-refractivity contribution in [2.75, 3.05) is 11.9 Å². The molecule has 1 aromatic rings. The van der Waals surface area contributed by atoms with Crippen LogP contribution in [0.2, 0.25) is 5.02 Å². The first-order valence-corrected chi connectivity index (χ1v) is 5.69. The molecule has 0 saturated carbocycles. The fourth-order valence-electron chi connectivity index (χ4n) is 1.39. The standard InChI is InChI=1S/C11H15ClN2O3/c1-7(3-2-6-15)13-9-5-4-8(12)10(14-9)11(16)17/h4-5,7,15H,2-3,6H2,1H3,(H,13,14)(H,16,17). The van der Waals surface area contributed by atoms with E-state index in [9.17, 15) is 4.79 Å². The summed E-state index contributed by atoms with van der Waals surface area (Å²) in [7, 11) is 0. The molecule has 0 amide bonds. The molecule has 1 aromatic heterocycles. The Labute approximate surface area is 104 Å². The van der Waals surface area contributed by atoms with Crippen LogP contribution in [-0.4, -0.2) is 33.8 Å². The van der Waals surface area contributed by atoms with E-state index < -0.39 is 5.97 Å².